The number of ether oxygens (including phenoxy) is 2. The highest BCUT2D eigenvalue weighted by molar-refractivity contribution is 5.96. The largest absolute Gasteiger partial charge is 0.465 e. The molecule has 0 bridgehead atoms. The standard InChI is InChI=1S/C13H20O4/c1-3-16-12(14)11-9-6-4-8(2)5-7-10(9)17-13(11)15/h8-11H,3-7H2,1-2H3/t8-,9+,10-,11+/m0/s1. The fourth-order valence-electron chi connectivity index (χ4n) is 2.90. The van der Waals surface area contributed by atoms with E-state index in [-0.39, 0.29) is 18.0 Å². The molecule has 0 amide bonds. The van der Waals surface area contributed by atoms with Gasteiger partial charge in [0.15, 0.2) is 5.92 Å². The molecule has 0 aromatic rings. The summed E-state index contributed by atoms with van der Waals surface area (Å²) in [5.41, 5.74) is 0. The molecule has 2 aliphatic rings. The summed E-state index contributed by atoms with van der Waals surface area (Å²) in [6.45, 7) is 4.28. The van der Waals surface area contributed by atoms with Crippen LogP contribution in [0.1, 0.15) is 39.5 Å². The van der Waals surface area contributed by atoms with E-state index in [4.69, 9.17) is 9.47 Å². The molecular formula is C13H20O4. The van der Waals surface area contributed by atoms with Crippen molar-refractivity contribution in [1.29, 1.82) is 0 Å². The van der Waals surface area contributed by atoms with Crippen molar-refractivity contribution in [1.82, 2.24) is 0 Å². The second kappa shape index (κ2) is 5.07. The maximum Gasteiger partial charge on any atom is 0.321 e. The van der Waals surface area contributed by atoms with Crippen molar-refractivity contribution in [3.63, 3.8) is 0 Å². The van der Waals surface area contributed by atoms with Gasteiger partial charge in [0.05, 0.1) is 6.61 Å². The van der Waals surface area contributed by atoms with Crippen LogP contribution in [0.2, 0.25) is 0 Å². The average molecular weight is 240 g/mol. The highest BCUT2D eigenvalue weighted by Crippen LogP contribution is 2.39. The van der Waals surface area contributed by atoms with E-state index in [1.807, 2.05) is 0 Å². The Morgan fingerprint density at radius 3 is 2.76 bits per heavy atom. The molecular weight excluding hydrogens is 220 g/mol. The van der Waals surface area contributed by atoms with Gasteiger partial charge in [-0.15, -0.1) is 0 Å². The number of hydrogen-bond acceptors (Lipinski definition) is 4. The van der Waals surface area contributed by atoms with E-state index in [9.17, 15) is 9.59 Å². The lowest BCUT2D eigenvalue weighted by molar-refractivity contribution is -0.157. The maximum absolute atomic E-state index is 11.8. The number of carbonyl (C=O) groups excluding carboxylic acids is 2. The Balaban J connectivity index is 2.10. The van der Waals surface area contributed by atoms with Gasteiger partial charge in [0.25, 0.3) is 0 Å². The van der Waals surface area contributed by atoms with E-state index in [1.165, 1.54) is 0 Å². The van der Waals surface area contributed by atoms with Crippen LogP contribution in [0.5, 0.6) is 0 Å². The predicted molar refractivity (Wildman–Crippen MR) is 61.1 cm³/mol. The van der Waals surface area contributed by atoms with E-state index in [2.05, 4.69) is 6.92 Å². The number of rotatable bonds is 2. The van der Waals surface area contributed by atoms with Crippen molar-refractivity contribution in [2.24, 2.45) is 17.8 Å². The van der Waals surface area contributed by atoms with Crippen LogP contribution in [0.4, 0.5) is 0 Å². The fourth-order valence-corrected chi connectivity index (χ4v) is 2.90. The van der Waals surface area contributed by atoms with Gasteiger partial charge in [-0.3, -0.25) is 9.59 Å². The molecule has 17 heavy (non-hydrogen) atoms. The summed E-state index contributed by atoms with van der Waals surface area (Å²) in [5, 5.41) is 0. The van der Waals surface area contributed by atoms with Crippen LogP contribution in [0.25, 0.3) is 0 Å². The Kier molecular flexibility index (Phi) is 3.69. The number of fused-ring (bicyclic) bond motifs is 1. The van der Waals surface area contributed by atoms with Crippen LogP contribution in [-0.4, -0.2) is 24.6 Å². The lowest BCUT2D eigenvalue weighted by Crippen LogP contribution is -2.29. The molecule has 1 saturated heterocycles. The Morgan fingerprint density at radius 1 is 1.35 bits per heavy atom. The topological polar surface area (TPSA) is 52.6 Å². The fraction of sp³-hybridized carbons (Fsp3) is 0.846. The van der Waals surface area contributed by atoms with Crippen molar-refractivity contribution in [3.05, 3.63) is 0 Å². The first-order chi connectivity index (χ1) is 8.13. The summed E-state index contributed by atoms with van der Waals surface area (Å²) in [4.78, 5) is 23.5. The Bertz CT molecular complexity index is 313. The summed E-state index contributed by atoms with van der Waals surface area (Å²) >= 11 is 0. The van der Waals surface area contributed by atoms with Gasteiger partial charge in [0.1, 0.15) is 6.10 Å². The van der Waals surface area contributed by atoms with Crippen LogP contribution < -0.4 is 0 Å². The molecule has 1 aliphatic heterocycles. The smallest absolute Gasteiger partial charge is 0.321 e. The third-order valence-corrected chi connectivity index (χ3v) is 3.90. The summed E-state index contributed by atoms with van der Waals surface area (Å²) in [6, 6.07) is 0. The molecule has 1 heterocycles. The van der Waals surface area contributed by atoms with Crippen molar-refractivity contribution in [2.75, 3.05) is 6.61 Å². The molecule has 4 nitrogen and oxygen atoms in total. The molecule has 2 rings (SSSR count). The Labute approximate surface area is 102 Å². The molecule has 4 atom stereocenters. The SMILES string of the molecule is CCOC(=O)[C@@H]1C(=O)O[C@H]2CC[C@@H](C)CC[C@@H]12. The molecule has 0 spiro atoms. The molecule has 1 saturated carbocycles. The highest BCUT2D eigenvalue weighted by atomic mass is 16.6. The minimum atomic E-state index is -0.676. The van der Waals surface area contributed by atoms with Gasteiger partial charge in [-0.25, -0.2) is 0 Å². The lowest BCUT2D eigenvalue weighted by Gasteiger charge is -2.16. The molecule has 0 aromatic heterocycles. The van der Waals surface area contributed by atoms with Crippen molar-refractivity contribution >= 4 is 11.9 Å². The summed E-state index contributed by atoms with van der Waals surface area (Å²) < 4.78 is 10.3. The third-order valence-electron chi connectivity index (χ3n) is 3.90. The molecule has 0 aromatic carbocycles. The molecule has 4 heteroatoms. The second-order valence-corrected chi connectivity index (χ2v) is 5.13. The van der Waals surface area contributed by atoms with Crippen molar-refractivity contribution in [3.8, 4) is 0 Å². The molecule has 0 radical (unpaired) electrons. The Hall–Kier alpha value is -1.06. The zero-order chi connectivity index (χ0) is 12.4. The summed E-state index contributed by atoms with van der Waals surface area (Å²) in [6.07, 6.45) is 3.84. The quantitative estimate of drug-likeness (QED) is 0.546. The minimum absolute atomic E-state index is 0.0338. The van der Waals surface area contributed by atoms with Crippen LogP contribution >= 0.6 is 0 Å². The van der Waals surface area contributed by atoms with Gasteiger partial charge >= 0.3 is 11.9 Å². The van der Waals surface area contributed by atoms with E-state index >= 15 is 0 Å². The number of carbonyl (C=O) groups is 2. The van der Waals surface area contributed by atoms with Gasteiger partial charge in [-0.05, 0) is 32.1 Å². The van der Waals surface area contributed by atoms with Gasteiger partial charge in [0.2, 0.25) is 0 Å². The number of esters is 2. The number of hydrogen-bond donors (Lipinski definition) is 0. The monoisotopic (exact) mass is 240 g/mol. The first kappa shape index (κ1) is 12.4. The first-order valence-electron chi connectivity index (χ1n) is 6.50. The van der Waals surface area contributed by atoms with Gasteiger partial charge in [0, 0.05) is 5.92 Å². The first-order valence-corrected chi connectivity index (χ1v) is 6.50. The van der Waals surface area contributed by atoms with Gasteiger partial charge in [-0.2, -0.15) is 0 Å². The molecule has 2 fully saturated rings. The minimum Gasteiger partial charge on any atom is -0.465 e. The van der Waals surface area contributed by atoms with Crippen molar-refractivity contribution < 1.29 is 19.1 Å². The molecule has 0 unspecified atom stereocenters. The lowest BCUT2D eigenvalue weighted by atomic mass is 9.86. The van der Waals surface area contributed by atoms with Crippen LogP contribution in [0.15, 0.2) is 0 Å². The Morgan fingerprint density at radius 2 is 2.06 bits per heavy atom. The third kappa shape index (κ3) is 2.45. The normalized spacial score (nSPS) is 36.9. The zero-order valence-corrected chi connectivity index (χ0v) is 10.5. The van der Waals surface area contributed by atoms with E-state index < -0.39 is 11.9 Å². The summed E-state index contributed by atoms with van der Waals surface area (Å²) in [5.74, 6) is -0.772. The van der Waals surface area contributed by atoms with E-state index in [0.717, 1.165) is 25.7 Å². The highest BCUT2D eigenvalue weighted by Gasteiger charge is 2.49. The molecule has 0 N–H and O–H groups in total. The summed E-state index contributed by atoms with van der Waals surface area (Å²) in [7, 11) is 0. The van der Waals surface area contributed by atoms with Crippen LogP contribution in [0, 0.1) is 17.8 Å². The molecule has 96 valence electrons. The average Bonchev–Trinajstić information content (AvgIpc) is 2.50. The second-order valence-electron chi connectivity index (χ2n) is 5.13. The van der Waals surface area contributed by atoms with Gasteiger partial charge in [-0.1, -0.05) is 13.3 Å². The molecule has 1 aliphatic carbocycles. The van der Waals surface area contributed by atoms with Crippen LogP contribution in [-0.2, 0) is 19.1 Å². The zero-order valence-electron chi connectivity index (χ0n) is 10.5. The van der Waals surface area contributed by atoms with Gasteiger partial charge < -0.3 is 9.47 Å². The van der Waals surface area contributed by atoms with E-state index in [1.54, 1.807) is 6.92 Å². The van der Waals surface area contributed by atoms with Crippen molar-refractivity contribution in [2.45, 2.75) is 45.6 Å². The van der Waals surface area contributed by atoms with E-state index in [0.29, 0.717) is 12.5 Å². The predicted octanol–water partition coefficient (Wildman–Crippen LogP) is 1.92. The maximum atomic E-state index is 11.8. The van der Waals surface area contributed by atoms with Crippen LogP contribution in [0.3, 0.4) is 0 Å².